The maximum absolute atomic E-state index is 6.67. The predicted octanol–water partition coefficient (Wildman–Crippen LogP) is 18.0. The predicted molar refractivity (Wildman–Crippen MR) is 278 cm³/mol. The van der Waals surface area contributed by atoms with Crippen molar-refractivity contribution in [2.75, 3.05) is 14.7 Å². The number of rotatable bonds is 10. The molecule has 0 saturated carbocycles. The maximum Gasteiger partial charge on any atom is 0.143 e. The molecule has 4 heteroatoms. The molecule has 0 bridgehead atoms. The zero-order valence-electron chi connectivity index (χ0n) is 36.1. The minimum atomic E-state index is 0.887. The van der Waals surface area contributed by atoms with Crippen LogP contribution in [0, 0.1) is 0 Å². The molecule has 0 atom stereocenters. The highest BCUT2D eigenvalue weighted by molar-refractivity contribution is 6.30. The van der Waals surface area contributed by atoms with Crippen LogP contribution in [-0.4, -0.2) is 0 Å². The van der Waals surface area contributed by atoms with Crippen molar-refractivity contribution in [3.05, 3.63) is 261 Å². The first-order chi connectivity index (χ1) is 32.7. The molecule has 0 radical (unpaired) electrons. The molecular formula is C62H43N3O. The van der Waals surface area contributed by atoms with Crippen LogP contribution < -0.4 is 14.7 Å². The standard InChI is InChI=1S/C62H43N3O/c1-5-18-44(19-6-1)45-32-34-49(35-33-45)65(54-40-41-56-55-28-13-14-29-57(55)62-61(59(56)43-54)58-30-15-16-31-60(58)66-62)53-27-17-26-52(42-53)64(48-24-11-4-12-25-48)51-38-36-50(37-39-51)63(46-20-7-2-8-21-46)47-22-9-3-10-23-47/h1-43H. The fourth-order valence-electron chi connectivity index (χ4n) is 9.56. The Kier molecular flexibility index (Phi) is 9.81. The average Bonchev–Trinajstić information content (AvgIpc) is 3.79. The Bertz CT molecular complexity index is 3590. The van der Waals surface area contributed by atoms with E-state index in [2.05, 4.69) is 269 Å². The molecule has 12 rings (SSSR count). The van der Waals surface area contributed by atoms with E-state index in [1.165, 1.54) is 21.9 Å². The van der Waals surface area contributed by atoms with Gasteiger partial charge in [-0.15, -0.1) is 0 Å². The minimum absolute atomic E-state index is 0.887. The van der Waals surface area contributed by atoms with Gasteiger partial charge in [-0.05, 0) is 136 Å². The molecule has 0 aliphatic heterocycles. The molecule has 11 aromatic carbocycles. The maximum atomic E-state index is 6.67. The Morgan fingerprint density at radius 2 is 0.591 bits per heavy atom. The number of anilines is 9. The van der Waals surface area contributed by atoms with E-state index in [1.807, 2.05) is 6.07 Å². The molecule has 0 N–H and O–H groups in total. The van der Waals surface area contributed by atoms with Crippen LogP contribution >= 0.6 is 0 Å². The van der Waals surface area contributed by atoms with Gasteiger partial charge in [-0.1, -0.05) is 152 Å². The molecule has 66 heavy (non-hydrogen) atoms. The van der Waals surface area contributed by atoms with E-state index in [-0.39, 0.29) is 0 Å². The zero-order valence-corrected chi connectivity index (χ0v) is 36.1. The first-order valence-corrected chi connectivity index (χ1v) is 22.4. The Balaban J connectivity index is 1.02. The SMILES string of the molecule is c1ccc(-c2ccc(N(c3cccc(N(c4ccccc4)c4ccc(N(c5ccccc5)c5ccccc5)cc4)c3)c3ccc4c5ccccc5c5oc6ccccc6c5c4c3)cc2)cc1. The van der Waals surface area contributed by atoms with Crippen LogP contribution in [0.5, 0.6) is 0 Å². The average molecular weight is 846 g/mol. The number of benzene rings is 11. The summed E-state index contributed by atoms with van der Waals surface area (Å²) < 4.78 is 6.67. The highest BCUT2D eigenvalue weighted by atomic mass is 16.3. The molecule has 312 valence electrons. The summed E-state index contributed by atoms with van der Waals surface area (Å²) in [5.41, 5.74) is 13.7. The first kappa shape index (κ1) is 38.8. The van der Waals surface area contributed by atoms with Crippen LogP contribution in [0.25, 0.3) is 54.6 Å². The third-order valence-corrected chi connectivity index (χ3v) is 12.6. The molecule has 0 saturated heterocycles. The molecule has 0 fully saturated rings. The van der Waals surface area contributed by atoms with Gasteiger partial charge in [-0.2, -0.15) is 0 Å². The van der Waals surface area contributed by atoms with E-state index in [0.29, 0.717) is 0 Å². The summed E-state index contributed by atoms with van der Waals surface area (Å²) in [6.07, 6.45) is 0. The minimum Gasteiger partial charge on any atom is -0.455 e. The largest absolute Gasteiger partial charge is 0.455 e. The Morgan fingerprint density at radius 1 is 0.227 bits per heavy atom. The summed E-state index contributed by atoms with van der Waals surface area (Å²) in [7, 11) is 0. The van der Waals surface area contributed by atoms with Gasteiger partial charge in [-0.3, -0.25) is 0 Å². The quantitative estimate of drug-likeness (QED) is 0.128. The molecule has 0 aliphatic carbocycles. The number of para-hydroxylation sites is 4. The van der Waals surface area contributed by atoms with Gasteiger partial charge in [0, 0.05) is 67.3 Å². The molecule has 0 amide bonds. The van der Waals surface area contributed by atoms with Crippen molar-refractivity contribution in [1.82, 2.24) is 0 Å². The third kappa shape index (κ3) is 6.98. The molecule has 0 aliphatic rings. The van der Waals surface area contributed by atoms with E-state index >= 15 is 0 Å². The number of hydrogen-bond acceptors (Lipinski definition) is 4. The van der Waals surface area contributed by atoms with Gasteiger partial charge in [0.2, 0.25) is 0 Å². The summed E-state index contributed by atoms with van der Waals surface area (Å²) in [4.78, 5) is 7.02. The summed E-state index contributed by atoms with van der Waals surface area (Å²) in [6, 6.07) is 92.9. The highest BCUT2D eigenvalue weighted by Gasteiger charge is 2.21. The first-order valence-electron chi connectivity index (χ1n) is 22.4. The number of nitrogens with zero attached hydrogens (tertiary/aromatic N) is 3. The van der Waals surface area contributed by atoms with Crippen molar-refractivity contribution in [3.8, 4) is 11.1 Å². The van der Waals surface area contributed by atoms with Crippen LogP contribution in [0.1, 0.15) is 0 Å². The lowest BCUT2D eigenvalue weighted by molar-refractivity contribution is 0.673. The zero-order chi connectivity index (χ0) is 43.8. The molecule has 0 unspecified atom stereocenters. The normalized spacial score (nSPS) is 11.3. The van der Waals surface area contributed by atoms with Gasteiger partial charge in [0.25, 0.3) is 0 Å². The summed E-state index contributed by atoms with van der Waals surface area (Å²) >= 11 is 0. The molecule has 4 nitrogen and oxygen atoms in total. The lowest BCUT2D eigenvalue weighted by Crippen LogP contribution is -2.14. The van der Waals surface area contributed by atoms with E-state index in [0.717, 1.165) is 83.9 Å². The van der Waals surface area contributed by atoms with Crippen molar-refractivity contribution in [3.63, 3.8) is 0 Å². The van der Waals surface area contributed by atoms with Crippen LogP contribution in [0.15, 0.2) is 265 Å². The van der Waals surface area contributed by atoms with Crippen LogP contribution in [0.3, 0.4) is 0 Å². The van der Waals surface area contributed by atoms with Crippen LogP contribution in [-0.2, 0) is 0 Å². The summed E-state index contributed by atoms with van der Waals surface area (Å²) in [5.74, 6) is 0. The summed E-state index contributed by atoms with van der Waals surface area (Å²) in [6.45, 7) is 0. The van der Waals surface area contributed by atoms with Crippen molar-refractivity contribution in [1.29, 1.82) is 0 Å². The monoisotopic (exact) mass is 845 g/mol. The lowest BCUT2D eigenvalue weighted by Gasteiger charge is -2.30. The lowest BCUT2D eigenvalue weighted by atomic mass is 9.96. The van der Waals surface area contributed by atoms with E-state index in [4.69, 9.17) is 4.42 Å². The van der Waals surface area contributed by atoms with Gasteiger partial charge in [0.1, 0.15) is 11.2 Å². The smallest absolute Gasteiger partial charge is 0.143 e. The van der Waals surface area contributed by atoms with E-state index < -0.39 is 0 Å². The second-order valence-corrected chi connectivity index (χ2v) is 16.5. The van der Waals surface area contributed by atoms with Gasteiger partial charge in [0.05, 0.1) is 0 Å². The van der Waals surface area contributed by atoms with Crippen molar-refractivity contribution >= 4 is 94.7 Å². The van der Waals surface area contributed by atoms with E-state index in [1.54, 1.807) is 0 Å². The fraction of sp³-hybridized carbons (Fsp3) is 0. The van der Waals surface area contributed by atoms with E-state index in [9.17, 15) is 0 Å². The van der Waals surface area contributed by atoms with Crippen LogP contribution in [0.2, 0.25) is 0 Å². The van der Waals surface area contributed by atoms with Gasteiger partial charge in [0.15, 0.2) is 0 Å². The summed E-state index contributed by atoms with van der Waals surface area (Å²) in [5, 5.41) is 6.88. The van der Waals surface area contributed by atoms with Gasteiger partial charge < -0.3 is 19.1 Å². The molecule has 0 spiro atoms. The second-order valence-electron chi connectivity index (χ2n) is 16.5. The van der Waals surface area contributed by atoms with Crippen molar-refractivity contribution < 1.29 is 4.42 Å². The second kappa shape index (κ2) is 16.7. The molecule has 12 aromatic rings. The Hall–Kier alpha value is -8.86. The molecule has 1 heterocycles. The number of hydrogen-bond donors (Lipinski definition) is 0. The van der Waals surface area contributed by atoms with Gasteiger partial charge in [-0.25, -0.2) is 0 Å². The van der Waals surface area contributed by atoms with Crippen molar-refractivity contribution in [2.24, 2.45) is 0 Å². The van der Waals surface area contributed by atoms with Crippen molar-refractivity contribution in [2.45, 2.75) is 0 Å². The topological polar surface area (TPSA) is 22.9 Å². The Labute approximate surface area is 384 Å². The van der Waals surface area contributed by atoms with Gasteiger partial charge >= 0.3 is 0 Å². The van der Waals surface area contributed by atoms with Crippen LogP contribution in [0.4, 0.5) is 51.2 Å². The number of furan rings is 1. The number of fused-ring (bicyclic) bond motifs is 8. The molecule has 1 aromatic heterocycles. The molecular weight excluding hydrogens is 803 g/mol. The highest BCUT2D eigenvalue weighted by Crippen LogP contribution is 2.46. The third-order valence-electron chi connectivity index (χ3n) is 12.6. The fourth-order valence-corrected chi connectivity index (χ4v) is 9.56. The Morgan fingerprint density at radius 3 is 1.17 bits per heavy atom.